The zero-order chi connectivity index (χ0) is 27.0. The van der Waals surface area contributed by atoms with E-state index in [4.69, 9.17) is 14.2 Å². The zero-order valence-electron chi connectivity index (χ0n) is 22.0. The van der Waals surface area contributed by atoms with E-state index in [2.05, 4.69) is 4.99 Å². The molecular formula is C26H35N3O6S2. The summed E-state index contributed by atoms with van der Waals surface area (Å²) in [4.78, 5) is 18.2. The summed E-state index contributed by atoms with van der Waals surface area (Å²) >= 11 is 1.36. The Kier molecular flexibility index (Phi) is 10.3. The van der Waals surface area contributed by atoms with Crippen LogP contribution in [0.5, 0.6) is 11.5 Å². The van der Waals surface area contributed by atoms with Crippen molar-refractivity contribution < 1.29 is 27.4 Å². The number of hydrogen-bond donors (Lipinski definition) is 0. The lowest BCUT2D eigenvalue weighted by Gasteiger charge is -2.21. The van der Waals surface area contributed by atoms with E-state index in [1.165, 1.54) is 39.9 Å². The van der Waals surface area contributed by atoms with Crippen molar-refractivity contribution in [3.05, 3.63) is 46.8 Å². The fourth-order valence-corrected chi connectivity index (χ4v) is 6.61. The predicted molar refractivity (Wildman–Crippen MR) is 145 cm³/mol. The number of sulfonamides is 1. The molecule has 2 aromatic carbocycles. The van der Waals surface area contributed by atoms with E-state index in [0.717, 1.165) is 23.1 Å². The number of benzene rings is 2. The lowest BCUT2D eigenvalue weighted by molar-refractivity contribution is 0.0996. The molecule has 0 spiro atoms. The van der Waals surface area contributed by atoms with Gasteiger partial charge in [-0.3, -0.25) is 4.79 Å². The van der Waals surface area contributed by atoms with E-state index in [1.807, 2.05) is 37.5 Å². The molecule has 37 heavy (non-hydrogen) atoms. The first-order chi connectivity index (χ1) is 17.8. The van der Waals surface area contributed by atoms with Crippen molar-refractivity contribution in [2.75, 3.05) is 40.5 Å². The highest BCUT2D eigenvalue weighted by Crippen LogP contribution is 2.33. The topological polar surface area (TPSA) is 99.4 Å². The summed E-state index contributed by atoms with van der Waals surface area (Å²) in [5.74, 6) is 0.703. The molecule has 0 bridgehead atoms. The van der Waals surface area contributed by atoms with Gasteiger partial charge in [-0.25, -0.2) is 8.42 Å². The minimum absolute atomic E-state index is 0.166. The first-order valence-electron chi connectivity index (χ1n) is 12.3. The Morgan fingerprint density at radius 1 is 1.00 bits per heavy atom. The standard InChI is InChI=1S/C26H35N3O6S2/c1-6-13-28(14-7-2)37(31,32)20-11-9-19(10-12-20)25(30)27-26-29(15-16-35-8-3)21-17-22(33-4)23(34-5)18-24(21)36-26/h9-12,17-18H,6-8,13-16H2,1-5H3. The molecular weight excluding hydrogens is 514 g/mol. The van der Waals surface area contributed by atoms with E-state index in [1.54, 1.807) is 14.2 Å². The van der Waals surface area contributed by atoms with Crippen LogP contribution < -0.4 is 14.3 Å². The molecule has 1 heterocycles. The van der Waals surface area contributed by atoms with Crippen molar-refractivity contribution in [2.24, 2.45) is 4.99 Å². The van der Waals surface area contributed by atoms with Crippen LogP contribution in [0.3, 0.4) is 0 Å². The Bertz CT molecular complexity index is 1370. The number of carbonyl (C=O) groups is 1. The van der Waals surface area contributed by atoms with Gasteiger partial charge in [0.1, 0.15) is 0 Å². The van der Waals surface area contributed by atoms with Crippen molar-refractivity contribution in [1.82, 2.24) is 8.87 Å². The Hall–Kier alpha value is -2.73. The van der Waals surface area contributed by atoms with Crippen LogP contribution in [0.2, 0.25) is 0 Å². The molecule has 0 aliphatic heterocycles. The molecule has 1 amide bonds. The van der Waals surface area contributed by atoms with Gasteiger partial charge in [0.15, 0.2) is 16.3 Å². The van der Waals surface area contributed by atoms with Gasteiger partial charge >= 0.3 is 0 Å². The summed E-state index contributed by atoms with van der Waals surface area (Å²) in [6, 6.07) is 9.69. The normalized spacial score (nSPS) is 12.4. The molecule has 0 aliphatic rings. The number of ether oxygens (including phenoxy) is 3. The van der Waals surface area contributed by atoms with Gasteiger partial charge in [0.05, 0.1) is 35.9 Å². The maximum atomic E-state index is 13.1. The number of carbonyl (C=O) groups excluding carboxylic acids is 1. The van der Waals surface area contributed by atoms with Crippen molar-refractivity contribution in [2.45, 2.75) is 45.1 Å². The molecule has 0 radical (unpaired) electrons. The number of nitrogens with zero attached hydrogens (tertiary/aromatic N) is 3. The van der Waals surface area contributed by atoms with Crippen LogP contribution in [0.15, 0.2) is 46.3 Å². The molecule has 3 rings (SSSR count). The quantitative estimate of drug-likeness (QED) is 0.295. The van der Waals surface area contributed by atoms with Crippen LogP contribution in [-0.2, 0) is 21.3 Å². The van der Waals surface area contributed by atoms with E-state index in [9.17, 15) is 13.2 Å². The monoisotopic (exact) mass is 549 g/mol. The molecule has 11 heteroatoms. The Morgan fingerprint density at radius 3 is 2.19 bits per heavy atom. The number of hydrogen-bond acceptors (Lipinski definition) is 7. The molecule has 9 nitrogen and oxygen atoms in total. The first kappa shape index (κ1) is 28.8. The maximum absolute atomic E-state index is 13.1. The van der Waals surface area contributed by atoms with Crippen LogP contribution in [0.4, 0.5) is 0 Å². The van der Waals surface area contributed by atoms with Crippen LogP contribution in [0.1, 0.15) is 44.0 Å². The number of methoxy groups -OCH3 is 2. The van der Waals surface area contributed by atoms with E-state index in [-0.39, 0.29) is 4.90 Å². The highest BCUT2D eigenvalue weighted by molar-refractivity contribution is 7.89. The average Bonchev–Trinajstić information content (AvgIpc) is 3.23. The second-order valence-electron chi connectivity index (χ2n) is 8.25. The van der Waals surface area contributed by atoms with Crippen LogP contribution in [-0.4, -0.2) is 63.7 Å². The van der Waals surface area contributed by atoms with Gasteiger partial charge in [-0.2, -0.15) is 9.30 Å². The number of aromatic nitrogens is 1. The highest BCUT2D eigenvalue weighted by atomic mass is 32.2. The number of amides is 1. The molecule has 0 saturated heterocycles. The largest absolute Gasteiger partial charge is 0.493 e. The Labute approximate surface area is 222 Å². The highest BCUT2D eigenvalue weighted by Gasteiger charge is 2.23. The van der Waals surface area contributed by atoms with Crippen molar-refractivity contribution in [3.8, 4) is 11.5 Å². The lowest BCUT2D eigenvalue weighted by Crippen LogP contribution is -2.32. The Morgan fingerprint density at radius 2 is 1.62 bits per heavy atom. The lowest BCUT2D eigenvalue weighted by atomic mass is 10.2. The molecule has 0 atom stereocenters. The minimum atomic E-state index is -3.63. The van der Waals surface area contributed by atoms with E-state index < -0.39 is 15.9 Å². The van der Waals surface area contributed by atoms with Gasteiger partial charge in [-0.05, 0) is 44.0 Å². The summed E-state index contributed by atoms with van der Waals surface area (Å²) in [5.41, 5.74) is 1.16. The van der Waals surface area contributed by atoms with Gasteiger partial charge in [0.2, 0.25) is 10.0 Å². The summed E-state index contributed by atoms with van der Waals surface area (Å²) in [6.45, 7) is 8.25. The van der Waals surface area contributed by atoms with Crippen LogP contribution >= 0.6 is 11.3 Å². The fourth-order valence-electron chi connectivity index (χ4n) is 3.92. The minimum Gasteiger partial charge on any atom is -0.493 e. The third-order valence-corrected chi connectivity index (χ3v) is 8.69. The number of thiazole rings is 1. The van der Waals surface area contributed by atoms with Gasteiger partial charge in [0.25, 0.3) is 5.91 Å². The molecule has 0 aliphatic carbocycles. The molecule has 3 aromatic rings. The van der Waals surface area contributed by atoms with Crippen molar-refractivity contribution in [3.63, 3.8) is 0 Å². The second kappa shape index (κ2) is 13.2. The van der Waals surface area contributed by atoms with Crippen LogP contribution in [0.25, 0.3) is 10.2 Å². The van der Waals surface area contributed by atoms with Gasteiger partial charge < -0.3 is 18.8 Å². The second-order valence-corrected chi connectivity index (χ2v) is 11.2. The molecule has 0 fully saturated rings. The summed E-state index contributed by atoms with van der Waals surface area (Å²) in [5, 5.41) is 0. The summed E-state index contributed by atoms with van der Waals surface area (Å²) in [7, 11) is -0.480. The molecule has 1 aromatic heterocycles. The smallest absolute Gasteiger partial charge is 0.279 e. The van der Waals surface area contributed by atoms with Gasteiger partial charge in [0, 0.05) is 43.9 Å². The van der Waals surface area contributed by atoms with Gasteiger partial charge in [-0.1, -0.05) is 25.2 Å². The molecule has 202 valence electrons. The fraction of sp³-hybridized carbons (Fsp3) is 0.462. The number of fused-ring (bicyclic) bond motifs is 1. The Balaban J connectivity index is 2.00. The third kappa shape index (κ3) is 6.59. The van der Waals surface area contributed by atoms with E-state index in [0.29, 0.717) is 54.7 Å². The predicted octanol–water partition coefficient (Wildman–Crippen LogP) is 4.31. The van der Waals surface area contributed by atoms with E-state index >= 15 is 0 Å². The van der Waals surface area contributed by atoms with Crippen LogP contribution in [0, 0.1) is 0 Å². The molecule has 0 unspecified atom stereocenters. The van der Waals surface area contributed by atoms with Crippen molar-refractivity contribution >= 4 is 37.5 Å². The number of rotatable bonds is 13. The average molecular weight is 550 g/mol. The maximum Gasteiger partial charge on any atom is 0.279 e. The van der Waals surface area contributed by atoms with Gasteiger partial charge in [-0.15, -0.1) is 0 Å². The zero-order valence-corrected chi connectivity index (χ0v) is 23.7. The molecule has 0 N–H and O–H groups in total. The molecule has 0 saturated carbocycles. The first-order valence-corrected chi connectivity index (χ1v) is 14.6. The summed E-state index contributed by atoms with van der Waals surface area (Å²) < 4.78 is 46.8. The summed E-state index contributed by atoms with van der Waals surface area (Å²) in [6.07, 6.45) is 1.45. The SMILES string of the molecule is CCCN(CCC)S(=O)(=O)c1ccc(C(=O)N=c2sc3cc(OC)c(OC)cc3n2CCOCC)cc1. The third-order valence-electron chi connectivity index (χ3n) is 5.73. The van der Waals surface area contributed by atoms with Crippen molar-refractivity contribution in [1.29, 1.82) is 0 Å².